The molecule has 0 bridgehead atoms. The van der Waals surface area contributed by atoms with Crippen LogP contribution in [0, 0.1) is 17.0 Å². The van der Waals surface area contributed by atoms with Gasteiger partial charge in [0.15, 0.2) is 11.5 Å². The molecule has 2 aromatic rings. The average Bonchev–Trinajstić information content (AvgIpc) is 2.68. The van der Waals surface area contributed by atoms with Crippen LogP contribution in [0.5, 0.6) is 11.5 Å². The van der Waals surface area contributed by atoms with Crippen molar-refractivity contribution in [3.8, 4) is 11.5 Å². The number of nitrogens with one attached hydrogen (secondary N) is 1. The molecule has 156 valence electrons. The Bertz CT molecular complexity index is 988. The topological polar surface area (TPSA) is 120 Å². The smallest absolute Gasteiger partial charge is 0.282 e. The Hall–Kier alpha value is -3.14. The van der Waals surface area contributed by atoms with E-state index in [9.17, 15) is 18.5 Å². The third kappa shape index (κ3) is 5.92. The first kappa shape index (κ1) is 22.2. The molecule has 0 aliphatic carbocycles. The van der Waals surface area contributed by atoms with Crippen molar-refractivity contribution in [2.75, 3.05) is 13.7 Å². The van der Waals surface area contributed by atoms with Gasteiger partial charge in [-0.2, -0.15) is 13.5 Å². The molecule has 0 radical (unpaired) electrons. The summed E-state index contributed by atoms with van der Waals surface area (Å²) >= 11 is 0. The number of hydrazone groups is 1. The number of nitrogens with zero attached hydrogens (tertiary/aromatic N) is 2. The van der Waals surface area contributed by atoms with Crippen LogP contribution < -0.4 is 14.3 Å². The number of hydrogen-bond acceptors (Lipinski definition) is 7. The highest BCUT2D eigenvalue weighted by molar-refractivity contribution is 7.89. The highest BCUT2D eigenvalue weighted by Gasteiger charge is 2.19. The van der Waals surface area contributed by atoms with Gasteiger partial charge in [-0.05, 0) is 31.5 Å². The number of hydrogen-bond donors (Lipinski definition) is 1. The van der Waals surface area contributed by atoms with E-state index in [0.29, 0.717) is 12.4 Å². The molecule has 1 N–H and O–H groups in total. The molecule has 0 aromatic heterocycles. The Morgan fingerprint density at radius 1 is 1.21 bits per heavy atom. The van der Waals surface area contributed by atoms with Crippen LogP contribution in [0.4, 0.5) is 5.69 Å². The molecule has 0 aliphatic rings. The molecule has 0 saturated heterocycles. The van der Waals surface area contributed by atoms with E-state index < -0.39 is 14.9 Å². The Morgan fingerprint density at radius 2 is 1.90 bits per heavy atom. The van der Waals surface area contributed by atoms with Crippen LogP contribution in [0.25, 0.3) is 0 Å². The van der Waals surface area contributed by atoms with Crippen molar-refractivity contribution >= 4 is 21.9 Å². The predicted molar refractivity (Wildman–Crippen MR) is 109 cm³/mol. The SMILES string of the molecule is CCCCOc1cc(/C=N/NS(=O)(=O)c2ccc(C)cc2)c([N+](=O)[O-])cc1OC. The predicted octanol–water partition coefficient (Wildman–Crippen LogP) is 3.40. The van der Waals surface area contributed by atoms with Crippen LogP contribution in [-0.4, -0.2) is 33.3 Å². The number of ether oxygens (including phenoxy) is 2. The Kier molecular flexibility index (Phi) is 7.54. The Labute approximate surface area is 169 Å². The lowest BCUT2D eigenvalue weighted by molar-refractivity contribution is -0.385. The maximum absolute atomic E-state index is 12.3. The van der Waals surface area contributed by atoms with Crippen molar-refractivity contribution in [2.45, 2.75) is 31.6 Å². The highest BCUT2D eigenvalue weighted by Crippen LogP contribution is 2.34. The van der Waals surface area contributed by atoms with Gasteiger partial charge in [-0.25, -0.2) is 4.83 Å². The molecule has 0 saturated carbocycles. The zero-order valence-corrected chi connectivity index (χ0v) is 17.2. The number of nitro groups is 1. The molecule has 2 rings (SSSR count). The summed E-state index contributed by atoms with van der Waals surface area (Å²) in [5, 5.41) is 15.1. The molecule has 0 atom stereocenters. The molecule has 9 nitrogen and oxygen atoms in total. The van der Waals surface area contributed by atoms with Gasteiger partial charge >= 0.3 is 0 Å². The molecule has 0 spiro atoms. The van der Waals surface area contributed by atoms with Crippen molar-refractivity contribution in [3.05, 3.63) is 57.6 Å². The maximum atomic E-state index is 12.3. The minimum atomic E-state index is -3.89. The third-order valence-electron chi connectivity index (χ3n) is 3.97. The monoisotopic (exact) mass is 421 g/mol. The second-order valence-corrected chi connectivity index (χ2v) is 7.85. The van der Waals surface area contributed by atoms with Crippen LogP contribution in [0.1, 0.15) is 30.9 Å². The lowest BCUT2D eigenvalue weighted by atomic mass is 10.1. The van der Waals surface area contributed by atoms with E-state index >= 15 is 0 Å². The minimum absolute atomic E-state index is 0.0352. The summed E-state index contributed by atoms with van der Waals surface area (Å²) in [5.74, 6) is 0.527. The fourth-order valence-corrected chi connectivity index (χ4v) is 3.15. The number of unbranched alkanes of at least 4 members (excludes halogenated alkanes) is 1. The largest absolute Gasteiger partial charge is 0.493 e. The quantitative estimate of drug-likeness (QED) is 0.272. The van der Waals surface area contributed by atoms with E-state index in [1.807, 2.05) is 13.8 Å². The summed E-state index contributed by atoms with van der Waals surface area (Å²) in [4.78, 5) is 12.9. The van der Waals surface area contributed by atoms with Crippen LogP contribution >= 0.6 is 0 Å². The first-order valence-corrected chi connectivity index (χ1v) is 10.4. The van der Waals surface area contributed by atoms with Crippen LogP contribution in [0.15, 0.2) is 46.4 Å². The molecular formula is C19H23N3O6S. The number of nitro benzene ring substituents is 1. The highest BCUT2D eigenvalue weighted by atomic mass is 32.2. The lowest BCUT2D eigenvalue weighted by Gasteiger charge is -2.11. The molecule has 29 heavy (non-hydrogen) atoms. The zero-order valence-electron chi connectivity index (χ0n) is 16.4. The Morgan fingerprint density at radius 3 is 2.48 bits per heavy atom. The van der Waals surface area contributed by atoms with Gasteiger partial charge in [-0.1, -0.05) is 31.0 Å². The van der Waals surface area contributed by atoms with Gasteiger partial charge < -0.3 is 9.47 Å². The fourth-order valence-electron chi connectivity index (χ4n) is 2.36. The van der Waals surface area contributed by atoms with E-state index in [0.717, 1.165) is 24.6 Å². The van der Waals surface area contributed by atoms with Crippen LogP contribution in [-0.2, 0) is 10.0 Å². The van der Waals surface area contributed by atoms with Crippen molar-refractivity contribution in [3.63, 3.8) is 0 Å². The van der Waals surface area contributed by atoms with Gasteiger partial charge in [0, 0.05) is 0 Å². The molecule has 0 unspecified atom stereocenters. The van der Waals surface area contributed by atoms with E-state index in [-0.39, 0.29) is 21.9 Å². The average molecular weight is 421 g/mol. The molecule has 10 heteroatoms. The fraction of sp³-hybridized carbons (Fsp3) is 0.316. The van der Waals surface area contributed by atoms with Crippen molar-refractivity contribution in [1.82, 2.24) is 4.83 Å². The van der Waals surface area contributed by atoms with Crippen molar-refractivity contribution < 1.29 is 22.8 Å². The summed E-state index contributed by atoms with van der Waals surface area (Å²) in [6, 6.07) is 8.83. The van der Waals surface area contributed by atoms with E-state index in [2.05, 4.69) is 9.93 Å². The molecule has 0 heterocycles. The van der Waals surface area contributed by atoms with Gasteiger partial charge in [-0.3, -0.25) is 10.1 Å². The molecular weight excluding hydrogens is 398 g/mol. The van der Waals surface area contributed by atoms with E-state index in [4.69, 9.17) is 9.47 Å². The summed E-state index contributed by atoms with van der Waals surface area (Å²) < 4.78 is 35.4. The zero-order chi connectivity index (χ0) is 21.4. The second kappa shape index (κ2) is 9.87. The normalized spacial score (nSPS) is 11.4. The van der Waals surface area contributed by atoms with E-state index in [1.165, 1.54) is 31.4 Å². The maximum Gasteiger partial charge on any atom is 0.282 e. The standard InChI is InChI=1S/C19H23N3O6S/c1-4-5-10-28-19-11-15(17(22(23)24)12-18(19)27-3)13-20-21-29(25,26)16-8-6-14(2)7-9-16/h6-9,11-13,21H,4-5,10H2,1-3H3/b20-13+. The number of sulfonamides is 1. The molecule has 2 aromatic carbocycles. The first-order valence-electron chi connectivity index (χ1n) is 8.89. The number of methoxy groups -OCH3 is 1. The molecule has 0 amide bonds. The van der Waals surface area contributed by atoms with E-state index in [1.54, 1.807) is 12.1 Å². The number of aryl methyl sites for hydroxylation is 1. The number of rotatable bonds is 10. The van der Waals surface area contributed by atoms with Gasteiger partial charge in [0.2, 0.25) is 0 Å². The van der Waals surface area contributed by atoms with Crippen molar-refractivity contribution in [1.29, 1.82) is 0 Å². The summed E-state index contributed by atoms with van der Waals surface area (Å²) in [5.41, 5.74) is 0.703. The second-order valence-electron chi connectivity index (χ2n) is 6.19. The summed E-state index contributed by atoms with van der Waals surface area (Å²) in [6.45, 7) is 4.26. The first-order chi connectivity index (χ1) is 13.8. The van der Waals surface area contributed by atoms with Crippen molar-refractivity contribution in [2.24, 2.45) is 5.10 Å². The lowest BCUT2D eigenvalue weighted by Crippen LogP contribution is -2.18. The summed E-state index contributed by atoms with van der Waals surface area (Å²) in [7, 11) is -2.51. The van der Waals surface area contributed by atoms with Gasteiger partial charge in [-0.15, -0.1) is 0 Å². The molecule has 0 aliphatic heterocycles. The van der Waals surface area contributed by atoms with Gasteiger partial charge in [0.05, 0.1) is 41.4 Å². The summed E-state index contributed by atoms with van der Waals surface area (Å²) in [6.07, 6.45) is 2.79. The number of benzene rings is 2. The minimum Gasteiger partial charge on any atom is -0.493 e. The van der Waals surface area contributed by atoms with Gasteiger partial charge in [0.25, 0.3) is 15.7 Å². The van der Waals surface area contributed by atoms with Gasteiger partial charge in [0.1, 0.15) is 0 Å². The van der Waals surface area contributed by atoms with Crippen LogP contribution in [0.2, 0.25) is 0 Å². The molecule has 0 fully saturated rings. The third-order valence-corrected chi connectivity index (χ3v) is 5.21. The Balaban J connectivity index is 2.30. The van der Waals surface area contributed by atoms with Crippen LogP contribution in [0.3, 0.4) is 0 Å².